The van der Waals surface area contributed by atoms with Gasteiger partial charge in [0.1, 0.15) is 0 Å². The van der Waals surface area contributed by atoms with Crippen LogP contribution in [-0.4, -0.2) is 44.4 Å². The molecule has 298 valence electrons. The Morgan fingerprint density at radius 1 is 0.731 bits per heavy atom. The van der Waals surface area contributed by atoms with E-state index in [0.29, 0.717) is 30.3 Å². The Kier molecular flexibility index (Phi) is 22.8. The first-order valence-electron chi connectivity index (χ1n) is 21.2. The lowest BCUT2D eigenvalue weighted by molar-refractivity contribution is 0.0422. The van der Waals surface area contributed by atoms with Gasteiger partial charge in [0.2, 0.25) is 0 Å². The zero-order valence-electron chi connectivity index (χ0n) is 34.2. The second-order valence-corrected chi connectivity index (χ2v) is 17.0. The molecular weight excluding hydrogens is 651 g/mol. The summed E-state index contributed by atoms with van der Waals surface area (Å²) in [6, 6.07) is 6.65. The van der Waals surface area contributed by atoms with Gasteiger partial charge < -0.3 is 25.4 Å². The molecule has 1 saturated carbocycles. The number of esters is 1. The number of nitrogens with one attached hydrogen (secondary N) is 3. The first kappa shape index (κ1) is 45.4. The molecule has 1 aromatic rings. The lowest BCUT2D eigenvalue weighted by Gasteiger charge is -2.46. The molecule has 1 aliphatic rings. The number of hydrogen-bond donors (Lipinski definition) is 3. The maximum atomic E-state index is 13.1. The Labute approximate surface area is 318 Å². The van der Waals surface area contributed by atoms with E-state index in [0.717, 1.165) is 32.1 Å². The van der Waals surface area contributed by atoms with E-state index in [9.17, 15) is 14.4 Å². The number of ether oxygens (including phenoxy) is 2. The number of urea groups is 1. The number of unbranched alkanes of at least 4 members (excludes halogenated alkanes) is 16. The summed E-state index contributed by atoms with van der Waals surface area (Å²) < 4.78 is 10.6. The highest BCUT2D eigenvalue weighted by atomic mass is 16.5. The lowest BCUT2D eigenvalue weighted by atomic mass is 9.62. The Hall–Kier alpha value is -2.77. The zero-order valence-corrected chi connectivity index (χ0v) is 34.2. The van der Waals surface area contributed by atoms with Crippen LogP contribution in [0.25, 0.3) is 0 Å². The fourth-order valence-electron chi connectivity index (χ4n) is 8.35. The normalized spacial score (nSPS) is 18.7. The van der Waals surface area contributed by atoms with Gasteiger partial charge in [-0.1, -0.05) is 150 Å². The van der Waals surface area contributed by atoms with Crippen LogP contribution in [0.15, 0.2) is 24.3 Å². The predicted octanol–water partition coefficient (Wildman–Crippen LogP) is 12.4. The third-order valence-electron chi connectivity index (χ3n) is 10.9. The summed E-state index contributed by atoms with van der Waals surface area (Å²) in [5.41, 5.74) is 0.951. The number of amides is 3. The number of anilines is 1. The summed E-state index contributed by atoms with van der Waals surface area (Å²) >= 11 is 0. The molecule has 1 fully saturated rings. The molecule has 0 radical (unpaired) electrons. The fraction of sp³-hybridized carbons (Fsp3) is 0.795. The Morgan fingerprint density at radius 3 is 1.73 bits per heavy atom. The molecular formula is C44H77N3O5. The van der Waals surface area contributed by atoms with E-state index in [1.807, 2.05) is 0 Å². The lowest BCUT2D eigenvalue weighted by Crippen LogP contribution is -2.51. The maximum Gasteiger partial charge on any atom is 0.406 e. The van der Waals surface area contributed by atoms with Crippen molar-refractivity contribution in [3.05, 3.63) is 29.8 Å². The highest BCUT2D eigenvalue weighted by Gasteiger charge is 2.42. The second-order valence-electron chi connectivity index (χ2n) is 17.0. The van der Waals surface area contributed by atoms with E-state index in [1.165, 1.54) is 123 Å². The monoisotopic (exact) mass is 728 g/mol. The van der Waals surface area contributed by atoms with Crippen LogP contribution >= 0.6 is 0 Å². The molecule has 0 aromatic heterocycles. The smallest absolute Gasteiger partial charge is 0.406 e. The van der Waals surface area contributed by atoms with Crippen molar-refractivity contribution >= 4 is 23.8 Å². The van der Waals surface area contributed by atoms with Crippen molar-refractivity contribution in [3.63, 3.8) is 0 Å². The molecule has 3 N–H and O–H groups in total. The molecule has 0 spiro atoms. The summed E-state index contributed by atoms with van der Waals surface area (Å²) in [7, 11) is 1.36. The molecule has 0 bridgehead atoms. The SMILES string of the molecule is CCCCCCCCCCCCC(CCCCCCCCCC)COC(=O)c1ccc(NC(=O)NC2CC(C)(C)CC(C)(CNC(=O)OC)C2)cc1. The third-order valence-corrected chi connectivity index (χ3v) is 10.9. The quantitative estimate of drug-likeness (QED) is 0.0618. The molecule has 1 aliphatic carbocycles. The van der Waals surface area contributed by atoms with Crippen LogP contribution in [0.4, 0.5) is 15.3 Å². The van der Waals surface area contributed by atoms with E-state index in [1.54, 1.807) is 24.3 Å². The van der Waals surface area contributed by atoms with Gasteiger partial charge >= 0.3 is 18.1 Å². The minimum atomic E-state index is -0.442. The van der Waals surface area contributed by atoms with Crippen molar-refractivity contribution in [2.45, 2.75) is 188 Å². The Morgan fingerprint density at radius 2 is 1.23 bits per heavy atom. The summed E-state index contributed by atoms with van der Waals surface area (Å²) in [6.07, 6.45) is 28.1. The van der Waals surface area contributed by atoms with Crippen molar-refractivity contribution in [2.75, 3.05) is 25.6 Å². The molecule has 0 saturated heterocycles. The van der Waals surface area contributed by atoms with Gasteiger partial charge in [-0.2, -0.15) is 0 Å². The van der Waals surface area contributed by atoms with Crippen molar-refractivity contribution in [2.24, 2.45) is 16.7 Å². The highest BCUT2D eigenvalue weighted by Crippen LogP contribution is 2.45. The molecule has 3 unspecified atom stereocenters. The van der Waals surface area contributed by atoms with Gasteiger partial charge in [0.15, 0.2) is 0 Å². The first-order chi connectivity index (χ1) is 25.0. The number of methoxy groups -OCH3 is 1. The number of carbonyl (C=O) groups is 3. The summed E-state index contributed by atoms with van der Waals surface area (Å²) in [4.78, 5) is 37.8. The van der Waals surface area contributed by atoms with Crippen LogP contribution in [0.2, 0.25) is 0 Å². The number of benzene rings is 1. The highest BCUT2D eigenvalue weighted by molar-refractivity contribution is 5.92. The molecule has 1 aromatic carbocycles. The van der Waals surface area contributed by atoms with Gasteiger partial charge in [-0.3, -0.25) is 0 Å². The van der Waals surface area contributed by atoms with E-state index in [2.05, 4.69) is 50.6 Å². The van der Waals surface area contributed by atoms with Crippen molar-refractivity contribution in [1.29, 1.82) is 0 Å². The number of rotatable bonds is 27. The molecule has 3 amide bonds. The molecule has 3 atom stereocenters. The van der Waals surface area contributed by atoms with E-state index in [-0.39, 0.29) is 28.9 Å². The first-order valence-corrected chi connectivity index (χ1v) is 21.2. The fourth-order valence-corrected chi connectivity index (χ4v) is 8.35. The molecule has 0 aliphatic heterocycles. The van der Waals surface area contributed by atoms with Crippen molar-refractivity contribution < 1.29 is 23.9 Å². The van der Waals surface area contributed by atoms with E-state index in [4.69, 9.17) is 9.47 Å². The summed E-state index contributed by atoms with van der Waals surface area (Å²) in [5.74, 6) is 0.106. The van der Waals surface area contributed by atoms with Gasteiger partial charge in [-0.15, -0.1) is 0 Å². The minimum Gasteiger partial charge on any atom is -0.462 e. The molecule has 8 nitrogen and oxygen atoms in total. The Balaban J connectivity index is 1.82. The number of hydrogen-bond acceptors (Lipinski definition) is 5. The standard InChI is InChI=1S/C44H77N3O5/c1-7-9-11-13-15-17-18-20-22-24-26-36(25-23-21-19-16-14-12-10-8-2)33-52-40(48)37-27-29-38(30-28-37)46-41(49)47-39-31-43(3,4)34-44(5,32-39)35-45-42(50)51-6/h27-30,36,39H,7-26,31-35H2,1-6H3,(H,45,50)(H2,46,47,49). The van der Waals surface area contributed by atoms with Gasteiger partial charge in [0.05, 0.1) is 19.3 Å². The summed E-state index contributed by atoms with van der Waals surface area (Å²) in [5, 5.41) is 8.91. The number of carbonyl (C=O) groups excluding carboxylic acids is 3. The molecule has 0 heterocycles. The van der Waals surface area contributed by atoms with Gasteiger partial charge in [0.25, 0.3) is 0 Å². The minimum absolute atomic E-state index is 0.00485. The van der Waals surface area contributed by atoms with Gasteiger partial charge in [-0.05, 0) is 73.1 Å². The molecule has 8 heteroatoms. The molecule has 2 rings (SSSR count). The van der Waals surface area contributed by atoms with Crippen LogP contribution in [-0.2, 0) is 9.47 Å². The zero-order chi connectivity index (χ0) is 38.1. The van der Waals surface area contributed by atoms with Crippen molar-refractivity contribution in [3.8, 4) is 0 Å². The maximum absolute atomic E-state index is 13.1. The van der Waals surface area contributed by atoms with Crippen molar-refractivity contribution in [1.82, 2.24) is 10.6 Å². The van der Waals surface area contributed by atoms with E-state index >= 15 is 0 Å². The van der Waals surface area contributed by atoms with E-state index < -0.39 is 6.09 Å². The van der Waals surface area contributed by atoms with Crippen LogP contribution < -0.4 is 16.0 Å². The number of alkyl carbamates (subject to hydrolysis) is 1. The average molecular weight is 728 g/mol. The van der Waals surface area contributed by atoms with Crippen LogP contribution in [0, 0.1) is 16.7 Å². The largest absolute Gasteiger partial charge is 0.462 e. The second kappa shape index (κ2) is 26.1. The van der Waals surface area contributed by atoms with Crippen LogP contribution in [0.3, 0.4) is 0 Å². The van der Waals surface area contributed by atoms with Crippen LogP contribution in [0.1, 0.15) is 193 Å². The molecule has 52 heavy (non-hydrogen) atoms. The summed E-state index contributed by atoms with van der Waals surface area (Å²) in [6.45, 7) is 12.0. The Bertz CT molecular complexity index is 1120. The predicted molar refractivity (Wildman–Crippen MR) is 216 cm³/mol. The van der Waals surface area contributed by atoms with Gasteiger partial charge in [-0.25, -0.2) is 14.4 Å². The topological polar surface area (TPSA) is 106 Å². The van der Waals surface area contributed by atoms with Crippen LogP contribution in [0.5, 0.6) is 0 Å². The third kappa shape index (κ3) is 20.5. The average Bonchev–Trinajstić information content (AvgIpc) is 3.10. The van der Waals surface area contributed by atoms with Gasteiger partial charge in [0, 0.05) is 18.3 Å².